The third kappa shape index (κ3) is 5.98. The third-order valence-corrected chi connectivity index (χ3v) is 5.72. The Hall–Kier alpha value is -1.65. The van der Waals surface area contributed by atoms with Gasteiger partial charge in [0.25, 0.3) is 0 Å². The highest BCUT2D eigenvalue weighted by Gasteiger charge is 2.20. The summed E-state index contributed by atoms with van der Waals surface area (Å²) in [6, 6.07) is 1.05. The molecule has 2 aromatic heterocycles. The molecule has 0 N–H and O–H groups in total. The highest BCUT2D eigenvalue weighted by molar-refractivity contribution is 9.10. The minimum Gasteiger partial charge on any atom is -0.359 e. The molecule has 0 aromatic carbocycles. The second-order valence-corrected chi connectivity index (χ2v) is 13.3. The largest absolute Gasteiger partial charge is 0.359 e. The summed E-state index contributed by atoms with van der Waals surface area (Å²) in [5, 5.41) is 8.04. The van der Waals surface area contributed by atoms with Crippen LogP contribution in [0.5, 0.6) is 0 Å². The van der Waals surface area contributed by atoms with Crippen molar-refractivity contribution in [2.75, 3.05) is 6.61 Å². The summed E-state index contributed by atoms with van der Waals surface area (Å²) < 4.78 is 8.98. The number of ketones is 2. The predicted octanol–water partition coefficient (Wildman–Crippen LogP) is 2.54. The lowest BCUT2D eigenvalue weighted by Gasteiger charge is -2.15. The Bertz CT molecular complexity index is 766. The van der Waals surface area contributed by atoms with Crippen molar-refractivity contribution in [3.8, 4) is 0 Å². The Morgan fingerprint density at radius 2 is 2.00 bits per heavy atom. The van der Waals surface area contributed by atoms with E-state index in [1.807, 2.05) is 0 Å². The molecule has 2 heterocycles. The molecular weight excluding hydrogens is 406 g/mol. The van der Waals surface area contributed by atoms with Crippen LogP contribution in [0.4, 0.5) is 0 Å². The first-order valence-electron chi connectivity index (χ1n) is 7.89. The van der Waals surface area contributed by atoms with Gasteiger partial charge < -0.3 is 4.74 Å². The van der Waals surface area contributed by atoms with Gasteiger partial charge in [-0.05, 0) is 22.0 Å². The average molecular weight is 428 g/mol. The van der Waals surface area contributed by atoms with E-state index < -0.39 is 13.9 Å². The van der Waals surface area contributed by atoms with Crippen molar-refractivity contribution in [1.29, 1.82) is 0 Å². The number of aryl methyl sites for hydroxylation is 1. The molecule has 0 saturated heterocycles. The minimum absolute atomic E-state index is 0.00193. The lowest BCUT2D eigenvalue weighted by Crippen LogP contribution is -2.22. The minimum atomic E-state index is -1.15. The van der Waals surface area contributed by atoms with Crippen molar-refractivity contribution in [1.82, 2.24) is 24.5 Å². The maximum atomic E-state index is 12.2. The van der Waals surface area contributed by atoms with E-state index >= 15 is 0 Å². The second-order valence-electron chi connectivity index (χ2n) is 6.98. The number of carbonyl (C=O) groups excluding carboxylic acids is 2. The van der Waals surface area contributed by atoms with Gasteiger partial charge in [-0.3, -0.25) is 14.3 Å². The summed E-state index contributed by atoms with van der Waals surface area (Å²) in [6.07, 6.45) is 2.71. The maximum Gasteiger partial charge on any atom is 0.218 e. The van der Waals surface area contributed by atoms with Gasteiger partial charge in [-0.2, -0.15) is 10.1 Å². The fraction of sp³-hybridized carbons (Fsp3) is 0.533. The number of hydrogen-bond acceptors (Lipinski definition) is 6. The molecule has 0 aliphatic carbocycles. The summed E-state index contributed by atoms with van der Waals surface area (Å²) in [5.41, 5.74) is 0.393. The standard InChI is InChI=1S/C15H22BrN5O3Si/c1-20-9-11(8-17-20)12(22)7-13(23)14-18-15(16)21(19-14)10-24-5-6-25(2,3)4/h8-9H,5-7,10H2,1-4H3. The molecule has 0 fully saturated rings. The Morgan fingerprint density at radius 1 is 1.28 bits per heavy atom. The molecule has 136 valence electrons. The smallest absolute Gasteiger partial charge is 0.218 e. The summed E-state index contributed by atoms with van der Waals surface area (Å²) >= 11 is 3.26. The Balaban J connectivity index is 1.92. The number of carbonyl (C=O) groups is 2. The molecule has 0 radical (unpaired) electrons. The first-order chi connectivity index (χ1) is 11.7. The van der Waals surface area contributed by atoms with Gasteiger partial charge in [0.15, 0.2) is 10.5 Å². The van der Waals surface area contributed by atoms with Crippen LogP contribution in [-0.4, -0.2) is 50.8 Å². The highest BCUT2D eigenvalue weighted by atomic mass is 79.9. The SMILES string of the molecule is Cn1cc(C(=O)CC(=O)c2nc(Br)n(COCC[Si](C)(C)C)n2)cn1. The molecule has 25 heavy (non-hydrogen) atoms. The van der Waals surface area contributed by atoms with Crippen LogP contribution in [0.15, 0.2) is 17.1 Å². The first kappa shape index (κ1) is 19.7. The molecule has 0 saturated carbocycles. The van der Waals surface area contributed by atoms with Crippen LogP contribution in [0, 0.1) is 0 Å². The summed E-state index contributed by atoms with van der Waals surface area (Å²) in [4.78, 5) is 28.4. The number of rotatable bonds is 9. The van der Waals surface area contributed by atoms with Gasteiger partial charge >= 0.3 is 0 Å². The number of Topliss-reactive ketones (excluding diaryl/α,β-unsaturated/α-hetero) is 2. The quantitative estimate of drug-likeness (QED) is 0.264. The van der Waals surface area contributed by atoms with E-state index in [1.54, 1.807) is 13.2 Å². The van der Waals surface area contributed by atoms with Gasteiger partial charge in [-0.25, -0.2) is 4.68 Å². The predicted molar refractivity (Wildman–Crippen MR) is 98.3 cm³/mol. The van der Waals surface area contributed by atoms with Gasteiger partial charge in [-0.1, -0.05) is 19.6 Å². The molecule has 0 bridgehead atoms. The van der Waals surface area contributed by atoms with Crippen LogP contribution in [0.1, 0.15) is 27.4 Å². The summed E-state index contributed by atoms with van der Waals surface area (Å²) in [6.45, 7) is 7.68. The molecule has 0 amide bonds. The van der Waals surface area contributed by atoms with Gasteiger partial charge in [0.1, 0.15) is 6.73 Å². The van der Waals surface area contributed by atoms with Gasteiger partial charge in [0.2, 0.25) is 11.6 Å². The van der Waals surface area contributed by atoms with Crippen molar-refractivity contribution in [3.05, 3.63) is 28.5 Å². The van der Waals surface area contributed by atoms with E-state index in [0.717, 1.165) is 6.04 Å². The zero-order valence-electron chi connectivity index (χ0n) is 14.8. The highest BCUT2D eigenvalue weighted by Crippen LogP contribution is 2.12. The van der Waals surface area contributed by atoms with E-state index in [1.165, 1.54) is 15.6 Å². The molecule has 0 aliphatic rings. The van der Waals surface area contributed by atoms with Crippen LogP contribution >= 0.6 is 15.9 Å². The average Bonchev–Trinajstić information content (AvgIpc) is 3.09. The molecule has 0 aliphatic heterocycles. The van der Waals surface area contributed by atoms with Gasteiger partial charge in [0, 0.05) is 27.9 Å². The summed E-state index contributed by atoms with van der Waals surface area (Å²) in [5.74, 6) is -0.745. The molecule has 0 unspecified atom stereocenters. The van der Waals surface area contributed by atoms with Crippen LogP contribution in [0.2, 0.25) is 25.7 Å². The zero-order chi connectivity index (χ0) is 18.6. The Labute approximate surface area is 155 Å². The van der Waals surface area contributed by atoms with Crippen LogP contribution in [-0.2, 0) is 18.5 Å². The zero-order valence-corrected chi connectivity index (χ0v) is 17.4. The molecule has 0 atom stereocenters. The van der Waals surface area contributed by atoms with E-state index in [-0.39, 0.29) is 24.8 Å². The monoisotopic (exact) mass is 427 g/mol. The van der Waals surface area contributed by atoms with Gasteiger partial charge in [0.05, 0.1) is 18.2 Å². The molecule has 0 spiro atoms. The molecule has 8 nitrogen and oxygen atoms in total. The van der Waals surface area contributed by atoms with Gasteiger partial charge in [-0.15, -0.1) is 5.10 Å². The van der Waals surface area contributed by atoms with Crippen LogP contribution in [0.3, 0.4) is 0 Å². The fourth-order valence-electron chi connectivity index (χ4n) is 1.94. The number of hydrogen-bond donors (Lipinski definition) is 0. The molecule has 10 heteroatoms. The number of halogens is 1. The number of ether oxygens (including phenoxy) is 1. The molecular formula is C15H22BrN5O3Si. The van der Waals surface area contributed by atoms with Crippen molar-refractivity contribution in [2.45, 2.75) is 38.8 Å². The van der Waals surface area contributed by atoms with Crippen LogP contribution < -0.4 is 0 Å². The fourth-order valence-corrected chi connectivity index (χ4v) is 3.05. The van der Waals surface area contributed by atoms with Crippen molar-refractivity contribution in [3.63, 3.8) is 0 Å². The third-order valence-electron chi connectivity index (χ3n) is 3.43. The topological polar surface area (TPSA) is 91.9 Å². The lowest BCUT2D eigenvalue weighted by molar-refractivity contribution is 0.0759. The van der Waals surface area contributed by atoms with Crippen molar-refractivity contribution < 1.29 is 14.3 Å². The van der Waals surface area contributed by atoms with Crippen molar-refractivity contribution in [2.24, 2.45) is 7.05 Å². The van der Waals surface area contributed by atoms with Crippen molar-refractivity contribution >= 4 is 35.6 Å². The normalized spacial score (nSPS) is 11.7. The Morgan fingerprint density at radius 3 is 2.60 bits per heavy atom. The molecule has 2 aromatic rings. The van der Waals surface area contributed by atoms with E-state index in [4.69, 9.17) is 4.74 Å². The number of aromatic nitrogens is 5. The van der Waals surface area contributed by atoms with E-state index in [0.29, 0.717) is 16.9 Å². The Kier molecular flexibility index (Phi) is 6.41. The van der Waals surface area contributed by atoms with Crippen LogP contribution in [0.25, 0.3) is 0 Å². The maximum absolute atomic E-state index is 12.2. The number of nitrogens with zero attached hydrogens (tertiary/aromatic N) is 5. The first-order valence-corrected chi connectivity index (χ1v) is 12.4. The second kappa shape index (κ2) is 8.15. The lowest BCUT2D eigenvalue weighted by atomic mass is 10.1. The van der Waals surface area contributed by atoms with E-state index in [2.05, 4.69) is 50.8 Å². The summed E-state index contributed by atoms with van der Waals surface area (Å²) in [7, 11) is 0.558. The van der Waals surface area contributed by atoms with E-state index in [9.17, 15) is 9.59 Å². The molecule has 2 rings (SSSR count).